The maximum Gasteiger partial charge on any atom is 0.237 e. The van der Waals surface area contributed by atoms with Crippen molar-refractivity contribution in [2.24, 2.45) is 0 Å². The fraction of sp³-hybridized carbons (Fsp3) is 0.176. The van der Waals surface area contributed by atoms with Gasteiger partial charge in [0.1, 0.15) is 17.2 Å². The van der Waals surface area contributed by atoms with E-state index in [1.807, 2.05) is 0 Å². The molecular formula is C17H16O5. The summed E-state index contributed by atoms with van der Waals surface area (Å²) in [6.07, 6.45) is 0. The lowest BCUT2D eigenvalue weighted by molar-refractivity contribution is 0.0813. The Labute approximate surface area is 128 Å². The van der Waals surface area contributed by atoms with Crippen LogP contribution >= 0.6 is 0 Å². The van der Waals surface area contributed by atoms with Gasteiger partial charge in [0.05, 0.1) is 25.3 Å². The summed E-state index contributed by atoms with van der Waals surface area (Å²) >= 11 is 0. The zero-order valence-corrected chi connectivity index (χ0v) is 12.5. The van der Waals surface area contributed by atoms with E-state index in [9.17, 15) is 14.7 Å². The predicted octanol–water partition coefficient (Wildman–Crippen LogP) is 2.78. The van der Waals surface area contributed by atoms with Gasteiger partial charge in [0.15, 0.2) is 0 Å². The molecule has 0 aromatic heterocycles. The van der Waals surface area contributed by atoms with Crippen molar-refractivity contribution in [2.45, 2.75) is 6.92 Å². The Morgan fingerprint density at radius 2 is 1.55 bits per heavy atom. The molecule has 0 aliphatic rings. The second-order valence-electron chi connectivity index (χ2n) is 4.75. The molecule has 0 spiro atoms. The highest BCUT2D eigenvalue weighted by Crippen LogP contribution is 2.27. The summed E-state index contributed by atoms with van der Waals surface area (Å²) in [7, 11) is 2.89. The normalized spacial score (nSPS) is 10.1. The van der Waals surface area contributed by atoms with Crippen LogP contribution in [0.5, 0.6) is 17.2 Å². The molecule has 2 aromatic rings. The number of aromatic hydroxyl groups is 1. The fourth-order valence-corrected chi connectivity index (χ4v) is 2.06. The first-order chi connectivity index (χ1) is 10.5. The topological polar surface area (TPSA) is 72.8 Å². The van der Waals surface area contributed by atoms with E-state index >= 15 is 0 Å². The molecule has 2 rings (SSSR count). The molecule has 0 aliphatic carbocycles. The maximum atomic E-state index is 12.4. The SMILES string of the molecule is COc1ccc(C(=O)C(=O)c2ccc(C)cc2O)c(OC)c1. The highest BCUT2D eigenvalue weighted by Gasteiger charge is 2.24. The van der Waals surface area contributed by atoms with Gasteiger partial charge in [-0.3, -0.25) is 9.59 Å². The van der Waals surface area contributed by atoms with Crippen molar-refractivity contribution in [1.82, 2.24) is 0 Å². The Kier molecular flexibility index (Phi) is 4.46. The van der Waals surface area contributed by atoms with Crippen molar-refractivity contribution >= 4 is 11.6 Å². The summed E-state index contributed by atoms with van der Waals surface area (Å²) in [6, 6.07) is 9.08. The van der Waals surface area contributed by atoms with Crippen LogP contribution in [-0.2, 0) is 0 Å². The average molecular weight is 300 g/mol. The number of methoxy groups -OCH3 is 2. The molecule has 0 radical (unpaired) electrons. The van der Waals surface area contributed by atoms with Gasteiger partial charge in [-0.2, -0.15) is 0 Å². The molecule has 0 fully saturated rings. The first kappa shape index (κ1) is 15.6. The zero-order valence-electron chi connectivity index (χ0n) is 12.5. The van der Waals surface area contributed by atoms with Gasteiger partial charge in [-0.15, -0.1) is 0 Å². The van der Waals surface area contributed by atoms with Gasteiger partial charge < -0.3 is 14.6 Å². The summed E-state index contributed by atoms with van der Waals surface area (Å²) < 4.78 is 10.2. The zero-order chi connectivity index (χ0) is 16.3. The molecule has 114 valence electrons. The molecule has 5 nitrogen and oxygen atoms in total. The van der Waals surface area contributed by atoms with Gasteiger partial charge in [-0.1, -0.05) is 6.07 Å². The van der Waals surface area contributed by atoms with Gasteiger partial charge in [0, 0.05) is 6.07 Å². The molecule has 22 heavy (non-hydrogen) atoms. The minimum absolute atomic E-state index is 0.0338. The Morgan fingerprint density at radius 1 is 0.909 bits per heavy atom. The highest BCUT2D eigenvalue weighted by molar-refractivity contribution is 6.50. The number of ether oxygens (including phenoxy) is 2. The van der Waals surface area contributed by atoms with E-state index in [1.165, 1.54) is 38.5 Å². The summed E-state index contributed by atoms with van der Waals surface area (Å²) in [5, 5.41) is 9.84. The fourth-order valence-electron chi connectivity index (χ4n) is 2.06. The van der Waals surface area contributed by atoms with E-state index in [-0.39, 0.29) is 22.6 Å². The third-order valence-corrected chi connectivity index (χ3v) is 3.26. The minimum atomic E-state index is -0.791. The van der Waals surface area contributed by atoms with Gasteiger partial charge in [0.25, 0.3) is 0 Å². The second kappa shape index (κ2) is 6.30. The Balaban J connectivity index is 2.41. The van der Waals surface area contributed by atoms with Gasteiger partial charge in [-0.05, 0) is 36.8 Å². The molecule has 0 bridgehead atoms. The molecule has 0 amide bonds. The standard InChI is InChI=1S/C17H16O5/c1-10-4-6-12(14(18)8-10)16(19)17(20)13-7-5-11(21-2)9-15(13)22-3/h4-9,18H,1-3H3. The van der Waals surface area contributed by atoms with E-state index in [4.69, 9.17) is 9.47 Å². The van der Waals surface area contributed by atoms with Crippen LogP contribution in [0.4, 0.5) is 0 Å². The number of hydrogen-bond acceptors (Lipinski definition) is 5. The number of aryl methyl sites for hydroxylation is 1. The first-order valence-electron chi connectivity index (χ1n) is 6.58. The average Bonchev–Trinajstić information content (AvgIpc) is 2.53. The van der Waals surface area contributed by atoms with E-state index in [2.05, 4.69) is 0 Å². The Bertz CT molecular complexity index is 734. The Morgan fingerprint density at radius 3 is 2.14 bits per heavy atom. The van der Waals surface area contributed by atoms with Gasteiger partial charge in [0.2, 0.25) is 11.6 Å². The molecule has 0 unspecified atom stereocenters. The summed E-state index contributed by atoms with van der Waals surface area (Å²) in [5.74, 6) is -1.01. The van der Waals surface area contributed by atoms with Crippen molar-refractivity contribution in [1.29, 1.82) is 0 Å². The maximum absolute atomic E-state index is 12.4. The molecule has 0 heterocycles. The van der Waals surface area contributed by atoms with E-state index in [0.717, 1.165) is 5.56 Å². The minimum Gasteiger partial charge on any atom is -0.507 e. The number of carbonyl (C=O) groups is 2. The molecule has 0 saturated heterocycles. The molecule has 0 atom stereocenters. The van der Waals surface area contributed by atoms with Crippen LogP contribution in [0.25, 0.3) is 0 Å². The van der Waals surface area contributed by atoms with E-state index < -0.39 is 11.6 Å². The lowest BCUT2D eigenvalue weighted by atomic mass is 9.99. The number of benzene rings is 2. The van der Waals surface area contributed by atoms with Crippen LogP contribution < -0.4 is 9.47 Å². The summed E-state index contributed by atoms with van der Waals surface area (Å²) in [5.41, 5.74) is 0.880. The number of ketones is 2. The molecular weight excluding hydrogens is 284 g/mol. The number of rotatable bonds is 5. The molecule has 1 N–H and O–H groups in total. The largest absolute Gasteiger partial charge is 0.507 e. The van der Waals surface area contributed by atoms with Crippen LogP contribution in [0.3, 0.4) is 0 Å². The van der Waals surface area contributed by atoms with Crippen molar-refractivity contribution in [2.75, 3.05) is 14.2 Å². The summed E-state index contributed by atoms with van der Waals surface area (Å²) in [6.45, 7) is 1.78. The van der Waals surface area contributed by atoms with Gasteiger partial charge in [-0.25, -0.2) is 0 Å². The monoisotopic (exact) mass is 300 g/mol. The van der Waals surface area contributed by atoms with Crippen LogP contribution in [0.1, 0.15) is 26.3 Å². The third-order valence-electron chi connectivity index (χ3n) is 3.26. The Hall–Kier alpha value is -2.82. The number of phenols is 1. The van der Waals surface area contributed by atoms with Crippen LogP contribution in [0, 0.1) is 6.92 Å². The van der Waals surface area contributed by atoms with Crippen molar-refractivity contribution in [3.05, 3.63) is 53.1 Å². The molecule has 0 saturated carbocycles. The molecule has 5 heteroatoms. The van der Waals surface area contributed by atoms with Crippen LogP contribution in [0.2, 0.25) is 0 Å². The molecule has 2 aromatic carbocycles. The first-order valence-corrected chi connectivity index (χ1v) is 6.58. The summed E-state index contributed by atoms with van der Waals surface area (Å²) in [4.78, 5) is 24.7. The smallest absolute Gasteiger partial charge is 0.237 e. The quantitative estimate of drug-likeness (QED) is 0.679. The van der Waals surface area contributed by atoms with Gasteiger partial charge >= 0.3 is 0 Å². The number of carbonyl (C=O) groups excluding carboxylic acids is 2. The lowest BCUT2D eigenvalue weighted by Gasteiger charge is -2.10. The third kappa shape index (κ3) is 2.93. The van der Waals surface area contributed by atoms with Crippen molar-refractivity contribution in [3.8, 4) is 17.2 Å². The molecule has 0 aliphatic heterocycles. The van der Waals surface area contributed by atoms with Crippen LogP contribution in [-0.4, -0.2) is 30.9 Å². The van der Waals surface area contributed by atoms with Crippen LogP contribution in [0.15, 0.2) is 36.4 Å². The number of phenolic OH excluding ortho intramolecular Hbond substituents is 1. The van der Waals surface area contributed by atoms with Crippen molar-refractivity contribution < 1.29 is 24.2 Å². The predicted molar refractivity (Wildman–Crippen MR) is 81.1 cm³/mol. The van der Waals surface area contributed by atoms with E-state index in [1.54, 1.807) is 19.1 Å². The van der Waals surface area contributed by atoms with Crippen molar-refractivity contribution in [3.63, 3.8) is 0 Å². The lowest BCUT2D eigenvalue weighted by Crippen LogP contribution is -2.15. The number of hydrogen-bond donors (Lipinski definition) is 1. The number of Topliss-reactive ketones (excluding diaryl/α,β-unsaturated/α-hetero) is 2. The highest BCUT2D eigenvalue weighted by atomic mass is 16.5. The van der Waals surface area contributed by atoms with E-state index in [0.29, 0.717) is 5.75 Å². The second-order valence-corrected chi connectivity index (χ2v) is 4.75.